The zero-order valence-electron chi connectivity index (χ0n) is 11.9. The minimum absolute atomic E-state index is 0.518. The van der Waals surface area contributed by atoms with Gasteiger partial charge in [-0.3, -0.25) is 0 Å². The molecule has 0 spiro atoms. The maximum atomic E-state index is 13.0. The Hall–Kier alpha value is -2.22. The maximum absolute atomic E-state index is 13.0. The SMILES string of the molecule is Cc1ccc(-c2cc(CF)cc(CF)c2)c2ccccc12. The van der Waals surface area contributed by atoms with Crippen LogP contribution in [0.3, 0.4) is 0 Å². The highest BCUT2D eigenvalue weighted by Crippen LogP contribution is 2.32. The second kappa shape index (κ2) is 5.65. The summed E-state index contributed by atoms with van der Waals surface area (Å²) in [4.78, 5) is 0. The fourth-order valence-electron chi connectivity index (χ4n) is 2.77. The number of rotatable bonds is 3. The van der Waals surface area contributed by atoms with E-state index in [0.29, 0.717) is 11.1 Å². The molecular formula is C19H16F2. The molecule has 0 N–H and O–H groups in total. The summed E-state index contributed by atoms with van der Waals surface area (Å²) in [5.41, 5.74) is 4.12. The summed E-state index contributed by atoms with van der Waals surface area (Å²) >= 11 is 0. The summed E-state index contributed by atoms with van der Waals surface area (Å²) in [6.07, 6.45) is 0. The van der Waals surface area contributed by atoms with Crippen LogP contribution in [0.5, 0.6) is 0 Å². The Bertz CT molecular complexity index is 768. The standard InChI is InChI=1S/C19H16F2/c1-13-6-7-18(19-5-3-2-4-17(13)19)16-9-14(11-20)8-15(10-16)12-21/h2-10H,11-12H2,1H3. The third kappa shape index (κ3) is 2.54. The topological polar surface area (TPSA) is 0 Å². The van der Waals surface area contributed by atoms with Gasteiger partial charge < -0.3 is 0 Å². The molecule has 0 nitrogen and oxygen atoms in total. The molecule has 0 saturated heterocycles. The van der Waals surface area contributed by atoms with Gasteiger partial charge in [-0.05, 0) is 57.6 Å². The number of halogens is 2. The smallest absolute Gasteiger partial charge is 0.115 e. The van der Waals surface area contributed by atoms with Crippen molar-refractivity contribution in [3.05, 3.63) is 71.3 Å². The molecule has 0 aliphatic heterocycles. The maximum Gasteiger partial charge on any atom is 0.115 e. The van der Waals surface area contributed by atoms with Crippen LogP contribution in [0.25, 0.3) is 21.9 Å². The van der Waals surface area contributed by atoms with E-state index >= 15 is 0 Å². The van der Waals surface area contributed by atoms with Crippen LogP contribution in [-0.2, 0) is 13.3 Å². The van der Waals surface area contributed by atoms with Gasteiger partial charge in [-0.15, -0.1) is 0 Å². The Labute approximate surface area is 123 Å². The molecule has 106 valence electrons. The Balaban J connectivity index is 2.28. The molecule has 0 aliphatic carbocycles. The van der Waals surface area contributed by atoms with Gasteiger partial charge in [-0.2, -0.15) is 0 Å². The minimum atomic E-state index is -0.579. The van der Waals surface area contributed by atoms with E-state index in [1.807, 2.05) is 18.2 Å². The van der Waals surface area contributed by atoms with Crippen molar-refractivity contribution in [3.8, 4) is 11.1 Å². The average molecular weight is 282 g/mol. The van der Waals surface area contributed by atoms with Gasteiger partial charge in [0, 0.05) is 0 Å². The first-order valence-corrected chi connectivity index (χ1v) is 6.96. The van der Waals surface area contributed by atoms with Gasteiger partial charge in [0.15, 0.2) is 0 Å². The summed E-state index contributed by atoms with van der Waals surface area (Å²) in [7, 11) is 0. The fourth-order valence-corrected chi connectivity index (χ4v) is 2.77. The predicted molar refractivity (Wildman–Crippen MR) is 83.7 cm³/mol. The first kappa shape index (κ1) is 13.7. The zero-order valence-corrected chi connectivity index (χ0v) is 11.9. The third-order valence-corrected chi connectivity index (χ3v) is 3.81. The summed E-state index contributed by atoms with van der Waals surface area (Å²) in [6.45, 7) is 0.909. The third-order valence-electron chi connectivity index (χ3n) is 3.81. The van der Waals surface area contributed by atoms with Crippen molar-refractivity contribution in [2.75, 3.05) is 0 Å². The zero-order chi connectivity index (χ0) is 14.8. The normalized spacial score (nSPS) is 11.0. The van der Waals surface area contributed by atoms with Crippen molar-refractivity contribution in [3.63, 3.8) is 0 Å². The van der Waals surface area contributed by atoms with E-state index in [9.17, 15) is 8.78 Å². The van der Waals surface area contributed by atoms with E-state index in [4.69, 9.17) is 0 Å². The lowest BCUT2D eigenvalue weighted by Gasteiger charge is -2.11. The van der Waals surface area contributed by atoms with Crippen LogP contribution < -0.4 is 0 Å². The number of hydrogen-bond donors (Lipinski definition) is 0. The van der Waals surface area contributed by atoms with Crippen LogP contribution in [0.4, 0.5) is 8.78 Å². The van der Waals surface area contributed by atoms with Crippen LogP contribution in [0.2, 0.25) is 0 Å². The van der Waals surface area contributed by atoms with Crippen molar-refractivity contribution in [1.29, 1.82) is 0 Å². The van der Waals surface area contributed by atoms with Gasteiger partial charge in [-0.25, -0.2) is 8.78 Å². The molecule has 0 radical (unpaired) electrons. The van der Waals surface area contributed by atoms with Gasteiger partial charge in [0.25, 0.3) is 0 Å². The van der Waals surface area contributed by atoms with Crippen LogP contribution in [0.1, 0.15) is 16.7 Å². The number of aryl methyl sites for hydroxylation is 1. The van der Waals surface area contributed by atoms with Crippen molar-refractivity contribution >= 4 is 10.8 Å². The molecule has 0 heterocycles. The molecule has 0 aromatic heterocycles. The van der Waals surface area contributed by atoms with E-state index in [-0.39, 0.29) is 0 Å². The molecule has 3 aromatic carbocycles. The van der Waals surface area contributed by atoms with E-state index in [1.54, 1.807) is 18.2 Å². The van der Waals surface area contributed by atoms with Crippen LogP contribution >= 0.6 is 0 Å². The molecule has 3 aromatic rings. The summed E-state index contributed by atoms with van der Waals surface area (Å²) < 4.78 is 26.0. The Morgan fingerprint density at radius 1 is 0.762 bits per heavy atom. The summed E-state index contributed by atoms with van der Waals surface area (Å²) in [5, 5.41) is 2.28. The number of hydrogen-bond acceptors (Lipinski definition) is 0. The Kier molecular flexibility index (Phi) is 3.70. The van der Waals surface area contributed by atoms with E-state index < -0.39 is 13.3 Å². The molecule has 0 amide bonds. The first-order valence-electron chi connectivity index (χ1n) is 6.96. The fraction of sp³-hybridized carbons (Fsp3) is 0.158. The quantitative estimate of drug-likeness (QED) is 0.573. The van der Waals surface area contributed by atoms with Crippen molar-refractivity contribution < 1.29 is 8.78 Å². The van der Waals surface area contributed by atoms with Crippen LogP contribution in [0.15, 0.2) is 54.6 Å². The van der Waals surface area contributed by atoms with Crippen molar-refractivity contribution in [2.24, 2.45) is 0 Å². The highest BCUT2D eigenvalue weighted by Gasteiger charge is 2.08. The van der Waals surface area contributed by atoms with E-state index in [0.717, 1.165) is 16.5 Å². The van der Waals surface area contributed by atoms with Gasteiger partial charge in [-0.1, -0.05) is 42.5 Å². The number of alkyl halides is 2. The van der Waals surface area contributed by atoms with E-state index in [2.05, 4.69) is 25.1 Å². The number of benzene rings is 3. The molecule has 0 aliphatic rings. The summed E-state index contributed by atoms with van der Waals surface area (Å²) in [5.74, 6) is 0. The molecule has 2 heteroatoms. The summed E-state index contributed by atoms with van der Waals surface area (Å²) in [6, 6.07) is 17.4. The second-order valence-electron chi connectivity index (χ2n) is 5.28. The molecule has 0 bridgehead atoms. The monoisotopic (exact) mass is 282 g/mol. The van der Waals surface area contributed by atoms with Gasteiger partial charge >= 0.3 is 0 Å². The minimum Gasteiger partial charge on any atom is -0.246 e. The lowest BCUT2D eigenvalue weighted by atomic mass is 9.93. The van der Waals surface area contributed by atoms with Gasteiger partial charge in [0.05, 0.1) is 0 Å². The molecule has 0 unspecified atom stereocenters. The Morgan fingerprint density at radius 2 is 1.38 bits per heavy atom. The van der Waals surface area contributed by atoms with Crippen molar-refractivity contribution in [2.45, 2.75) is 20.3 Å². The van der Waals surface area contributed by atoms with Crippen LogP contribution in [-0.4, -0.2) is 0 Å². The van der Waals surface area contributed by atoms with Crippen molar-refractivity contribution in [1.82, 2.24) is 0 Å². The molecule has 0 atom stereocenters. The average Bonchev–Trinajstić information content (AvgIpc) is 2.55. The van der Waals surface area contributed by atoms with Gasteiger partial charge in [0.1, 0.15) is 13.3 Å². The van der Waals surface area contributed by atoms with Gasteiger partial charge in [0.2, 0.25) is 0 Å². The van der Waals surface area contributed by atoms with E-state index in [1.165, 1.54) is 10.9 Å². The molecule has 0 saturated carbocycles. The first-order chi connectivity index (χ1) is 10.2. The molecule has 3 rings (SSSR count). The lowest BCUT2D eigenvalue weighted by Crippen LogP contribution is -1.90. The highest BCUT2D eigenvalue weighted by molar-refractivity contribution is 5.98. The largest absolute Gasteiger partial charge is 0.246 e. The lowest BCUT2D eigenvalue weighted by molar-refractivity contribution is 0.475. The second-order valence-corrected chi connectivity index (χ2v) is 5.28. The predicted octanol–water partition coefficient (Wildman–Crippen LogP) is 5.75. The highest BCUT2D eigenvalue weighted by atomic mass is 19.1. The molecule has 21 heavy (non-hydrogen) atoms. The number of fused-ring (bicyclic) bond motifs is 1. The molecule has 0 fully saturated rings. The molecular weight excluding hydrogens is 266 g/mol. The Morgan fingerprint density at radius 3 is 2.00 bits per heavy atom. The van der Waals surface area contributed by atoms with Crippen LogP contribution in [0, 0.1) is 6.92 Å².